The van der Waals surface area contributed by atoms with Gasteiger partial charge in [0.2, 0.25) is 5.91 Å². The molecule has 1 saturated carbocycles. The minimum Gasteiger partial charge on any atom is -0.365 e. The molecule has 112 valence electrons. The highest BCUT2D eigenvalue weighted by Crippen LogP contribution is 2.22. The zero-order chi connectivity index (χ0) is 14.4. The van der Waals surface area contributed by atoms with E-state index in [1.807, 2.05) is 19.2 Å². The Morgan fingerprint density at radius 1 is 1.50 bits per heavy atom. The van der Waals surface area contributed by atoms with Gasteiger partial charge in [-0.25, -0.2) is 4.98 Å². The number of carbonyl (C=O) groups is 1. The lowest BCUT2D eigenvalue weighted by Crippen LogP contribution is -2.39. The van der Waals surface area contributed by atoms with Crippen LogP contribution in [0.3, 0.4) is 0 Å². The number of amides is 1. The minimum absolute atomic E-state index is 0.0132. The molecule has 1 aliphatic carbocycles. The fourth-order valence-corrected chi connectivity index (χ4v) is 3.24. The largest absolute Gasteiger partial charge is 0.365 e. The summed E-state index contributed by atoms with van der Waals surface area (Å²) < 4.78 is 5.99. The fourth-order valence-electron chi connectivity index (χ4n) is 2.59. The molecule has 1 aromatic heterocycles. The highest BCUT2D eigenvalue weighted by Gasteiger charge is 2.24. The van der Waals surface area contributed by atoms with E-state index in [4.69, 9.17) is 4.74 Å². The van der Waals surface area contributed by atoms with Gasteiger partial charge in [0.05, 0.1) is 12.1 Å². The highest BCUT2D eigenvalue weighted by molar-refractivity contribution is 7.09. The van der Waals surface area contributed by atoms with Crippen LogP contribution in [0.5, 0.6) is 0 Å². The van der Waals surface area contributed by atoms with Crippen LogP contribution in [0.15, 0.2) is 11.6 Å². The van der Waals surface area contributed by atoms with Gasteiger partial charge in [-0.3, -0.25) is 4.79 Å². The summed E-state index contributed by atoms with van der Waals surface area (Å²) in [6.07, 6.45) is 8.32. The molecule has 2 rings (SSSR count). The number of aromatic nitrogens is 1. The van der Waals surface area contributed by atoms with Crippen molar-refractivity contribution in [3.05, 3.63) is 16.6 Å². The second kappa shape index (κ2) is 7.74. The summed E-state index contributed by atoms with van der Waals surface area (Å²) >= 11 is 1.56. The van der Waals surface area contributed by atoms with E-state index in [0.717, 1.165) is 17.8 Å². The molecule has 0 aromatic carbocycles. The maximum Gasteiger partial charge on any atom is 0.249 e. The van der Waals surface area contributed by atoms with Crippen LogP contribution in [0.25, 0.3) is 0 Å². The topological polar surface area (TPSA) is 51.2 Å². The van der Waals surface area contributed by atoms with E-state index in [-0.39, 0.29) is 24.2 Å². The molecule has 1 amide bonds. The second-order valence-electron chi connectivity index (χ2n) is 5.39. The molecule has 0 saturated heterocycles. The van der Waals surface area contributed by atoms with Gasteiger partial charge in [0.15, 0.2) is 0 Å². The van der Waals surface area contributed by atoms with Gasteiger partial charge in [0.1, 0.15) is 11.1 Å². The Bertz CT molecular complexity index is 402. The molecule has 0 radical (unpaired) electrons. The van der Waals surface area contributed by atoms with E-state index >= 15 is 0 Å². The van der Waals surface area contributed by atoms with Crippen molar-refractivity contribution >= 4 is 17.2 Å². The number of nitrogens with zero attached hydrogens (tertiary/aromatic N) is 1. The van der Waals surface area contributed by atoms with Crippen molar-refractivity contribution in [2.45, 2.75) is 70.6 Å². The molecule has 0 unspecified atom stereocenters. The van der Waals surface area contributed by atoms with Crippen LogP contribution in [0, 0.1) is 0 Å². The second-order valence-corrected chi connectivity index (χ2v) is 6.32. The first kappa shape index (κ1) is 15.4. The molecule has 1 N–H and O–H groups in total. The number of thiazole rings is 1. The van der Waals surface area contributed by atoms with Crippen LogP contribution in [-0.2, 0) is 9.53 Å². The zero-order valence-corrected chi connectivity index (χ0v) is 13.1. The lowest BCUT2D eigenvalue weighted by Gasteiger charge is -2.27. The summed E-state index contributed by atoms with van der Waals surface area (Å²) in [6.45, 7) is 3.96. The van der Waals surface area contributed by atoms with Gasteiger partial charge in [-0.2, -0.15) is 0 Å². The van der Waals surface area contributed by atoms with Crippen molar-refractivity contribution in [3.63, 3.8) is 0 Å². The highest BCUT2D eigenvalue weighted by atomic mass is 32.1. The quantitative estimate of drug-likeness (QED) is 0.874. The fraction of sp³-hybridized carbons (Fsp3) is 0.733. The molecule has 0 aliphatic heterocycles. The lowest BCUT2D eigenvalue weighted by atomic mass is 9.97. The smallest absolute Gasteiger partial charge is 0.249 e. The Morgan fingerprint density at radius 2 is 2.25 bits per heavy atom. The number of nitrogens with one attached hydrogen (secondary N) is 1. The van der Waals surface area contributed by atoms with Crippen molar-refractivity contribution in [1.29, 1.82) is 0 Å². The molecule has 5 heteroatoms. The van der Waals surface area contributed by atoms with Crippen molar-refractivity contribution in [2.75, 3.05) is 0 Å². The summed E-state index contributed by atoms with van der Waals surface area (Å²) in [5.74, 6) is -0.0132. The summed E-state index contributed by atoms with van der Waals surface area (Å²) in [6, 6.07) is -0.0495. The third-order valence-electron chi connectivity index (χ3n) is 3.75. The van der Waals surface area contributed by atoms with E-state index in [1.54, 1.807) is 17.5 Å². The number of hydrogen-bond acceptors (Lipinski definition) is 4. The third-order valence-corrected chi connectivity index (χ3v) is 4.71. The van der Waals surface area contributed by atoms with Crippen LogP contribution in [0.4, 0.5) is 0 Å². The summed E-state index contributed by atoms with van der Waals surface area (Å²) in [5, 5.41) is 5.87. The first-order valence-corrected chi connectivity index (χ1v) is 8.44. The average Bonchev–Trinajstić information content (AvgIpc) is 3.00. The standard InChI is InChI=1S/C15H24N2O2S/c1-3-13(19-12-7-5-4-6-8-12)14(18)17-11(2)15-16-9-10-20-15/h9-13H,3-8H2,1-2H3,(H,17,18)/t11-,13+/m1/s1. The van der Waals surface area contributed by atoms with E-state index in [0.29, 0.717) is 6.42 Å². The number of carbonyl (C=O) groups excluding carboxylic acids is 1. The van der Waals surface area contributed by atoms with Crippen LogP contribution in [0.1, 0.15) is 63.4 Å². The molecule has 4 nitrogen and oxygen atoms in total. The molecular weight excluding hydrogens is 272 g/mol. The van der Waals surface area contributed by atoms with E-state index in [9.17, 15) is 4.79 Å². The Kier molecular flexibility index (Phi) is 5.98. The Morgan fingerprint density at radius 3 is 2.85 bits per heavy atom. The van der Waals surface area contributed by atoms with Crippen molar-refractivity contribution in [1.82, 2.24) is 10.3 Å². The van der Waals surface area contributed by atoms with Gasteiger partial charge in [0, 0.05) is 11.6 Å². The van der Waals surface area contributed by atoms with E-state index in [2.05, 4.69) is 10.3 Å². The van der Waals surface area contributed by atoms with Gasteiger partial charge >= 0.3 is 0 Å². The van der Waals surface area contributed by atoms with E-state index in [1.165, 1.54) is 19.3 Å². The minimum atomic E-state index is -0.333. The van der Waals surface area contributed by atoms with Gasteiger partial charge in [-0.15, -0.1) is 11.3 Å². The summed E-state index contributed by atoms with van der Waals surface area (Å²) in [4.78, 5) is 16.5. The first-order valence-electron chi connectivity index (χ1n) is 7.56. The van der Waals surface area contributed by atoms with Crippen LogP contribution < -0.4 is 5.32 Å². The van der Waals surface area contributed by atoms with Crippen molar-refractivity contribution < 1.29 is 9.53 Å². The van der Waals surface area contributed by atoms with Crippen LogP contribution in [-0.4, -0.2) is 23.1 Å². The summed E-state index contributed by atoms with van der Waals surface area (Å²) in [7, 11) is 0. The maximum atomic E-state index is 12.3. The van der Waals surface area contributed by atoms with Crippen LogP contribution >= 0.6 is 11.3 Å². The van der Waals surface area contributed by atoms with Gasteiger partial charge < -0.3 is 10.1 Å². The molecule has 1 aliphatic rings. The van der Waals surface area contributed by atoms with Gasteiger partial charge in [-0.1, -0.05) is 26.2 Å². The van der Waals surface area contributed by atoms with Gasteiger partial charge in [0.25, 0.3) is 0 Å². The lowest BCUT2D eigenvalue weighted by molar-refractivity contribution is -0.139. The van der Waals surface area contributed by atoms with Crippen molar-refractivity contribution in [3.8, 4) is 0 Å². The predicted octanol–water partition coefficient (Wildman–Crippen LogP) is 3.45. The van der Waals surface area contributed by atoms with Crippen LogP contribution in [0.2, 0.25) is 0 Å². The Balaban J connectivity index is 1.84. The zero-order valence-electron chi connectivity index (χ0n) is 12.3. The molecule has 2 atom stereocenters. The molecule has 0 bridgehead atoms. The molecule has 1 fully saturated rings. The average molecular weight is 296 g/mol. The number of rotatable bonds is 6. The normalized spacial score (nSPS) is 19.5. The Hall–Kier alpha value is -0.940. The molecular formula is C15H24N2O2S. The number of ether oxygens (including phenoxy) is 1. The van der Waals surface area contributed by atoms with E-state index < -0.39 is 0 Å². The number of hydrogen-bond donors (Lipinski definition) is 1. The first-order chi connectivity index (χ1) is 9.70. The van der Waals surface area contributed by atoms with Gasteiger partial charge in [-0.05, 0) is 26.2 Å². The molecule has 1 heterocycles. The summed E-state index contributed by atoms with van der Waals surface area (Å²) in [5.41, 5.74) is 0. The predicted molar refractivity (Wildman–Crippen MR) is 80.7 cm³/mol. The SMILES string of the molecule is CC[C@H](OC1CCCCC1)C(=O)N[C@H](C)c1nccs1. The monoisotopic (exact) mass is 296 g/mol. The Labute approximate surface area is 124 Å². The third kappa shape index (κ3) is 4.28. The van der Waals surface area contributed by atoms with Crippen molar-refractivity contribution in [2.24, 2.45) is 0 Å². The molecule has 20 heavy (non-hydrogen) atoms. The maximum absolute atomic E-state index is 12.3. The molecule has 1 aromatic rings. The molecule has 0 spiro atoms.